The van der Waals surface area contributed by atoms with E-state index in [0.29, 0.717) is 12.0 Å². The first-order valence-corrected chi connectivity index (χ1v) is 6.85. The zero-order chi connectivity index (χ0) is 12.4. The van der Waals surface area contributed by atoms with Crippen LogP contribution in [0.25, 0.3) is 0 Å². The van der Waals surface area contributed by atoms with Crippen molar-refractivity contribution in [2.75, 3.05) is 0 Å². The van der Waals surface area contributed by atoms with Crippen LogP contribution in [0.3, 0.4) is 0 Å². The molecule has 0 radical (unpaired) electrons. The summed E-state index contributed by atoms with van der Waals surface area (Å²) in [7, 11) is 0. The van der Waals surface area contributed by atoms with Gasteiger partial charge in [0, 0.05) is 11.3 Å². The Morgan fingerprint density at radius 3 is 2.71 bits per heavy atom. The Kier molecular flexibility index (Phi) is 3.97. The van der Waals surface area contributed by atoms with Crippen LogP contribution in [-0.2, 0) is 6.42 Å². The lowest BCUT2D eigenvalue weighted by Gasteiger charge is -2.10. The maximum atomic E-state index is 13.2. The minimum atomic E-state index is -0.657. The second kappa shape index (κ2) is 5.29. The van der Waals surface area contributed by atoms with Gasteiger partial charge in [-0.15, -0.1) is 11.3 Å². The van der Waals surface area contributed by atoms with Gasteiger partial charge in [0.1, 0.15) is 5.82 Å². The van der Waals surface area contributed by atoms with Gasteiger partial charge in [0.25, 0.3) is 0 Å². The predicted molar refractivity (Wildman–Crippen MR) is 71.8 cm³/mol. The maximum absolute atomic E-state index is 13.2. The smallest absolute Gasteiger partial charge is 0.123 e. The van der Waals surface area contributed by atoms with Crippen LogP contribution < -0.4 is 0 Å². The van der Waals surface area contributed by atoms with E-state index in [-0.39, 0.29) is 5.82 Å². The summed E-state index contributed by atoms with van der Waals surface area (Å²) in [6, 6.07) is 8.57. The number of halogens is 2. The van der Waals surface area contributed by atoms with Crippen molar-refractivity contribution in [3.05, 3.63) is 55.9 Å². The molecule has 1 unspecified atom stereocenters. The molecule has 90 valence electrons. The van der Waals surface area contributed by atoms with E-state index in [0.717, 1.165) is 14.2 Å². The van der Waals surface area contributed by atoms with Gasteiger partial charge in [-0.3, -0.25) is 0 Å². The van der Waals surface area contributed by atoms with Crippen LogP contribution in [-0.4, -0.2) is 5.11 Å². The minimum Gasteiger partial charge on any atom is -0.388 e. The van der Waals surface area contributed by atoms with E-state index >= 15 is 0 Å². The van der Waals surface area contributed by atoms with E-state index in [9.17, 15) is 9.50 Å². The van der Waals surface area contributed by atoms with E-state index in [2.05, 4.69) is 15.9 Å². The number of hydrogen-bond acceptors (Lipinski definition) is 2. The van der Waals surface area contributed by atoms with E-state index in [4.69, 9.17) is 0 Å². The molecule has 0 spiro atoms. The van der Waals surface area contributed by atoms with Crippen molar-refractivity contribution in [1.82, 2.24) is 0 Å². The van der Waals surface area contributed by atoms with Gasteiger partial charge in [0.05, 0.1) is 9.89 Å². The van der Waals surface area contributed by atoms with Gasteiger partial charge in [-0.25, -0.2) is 4.39 Å². The third-order valence-electron chi connectivity index (χ3n) is 2.47. The second-order valence-corrected chi connectivity index (χ2v) is 6.54. The lowest BCUT2D eigenvalue weighted by molar-refractivity contribution is 0.179. The lowest BCUT2D eigenvalue weighted by Crippen LogP contribution is -2.01. The molecule has 4 heteroatoms. The zero-order valence-corrected chi connectivity index (χ0v) is 11.7. The lowest BCUT2D eigenvalue weighted by atomic mass is 10.0. The number of benzene rings is 1. The fraction of sp³-hybridized carbons (Fsp3) is 0.231. The largest absolute Gasteiger partial charge is 0.388 e. The fourth-order valence-corrected chi connectivity index (χ4v) is 3.25. The summed E-state index contributed by atoms with van der Waals surface area (Å²) in [5.41, 5.74) is 1.46. The molecule has 0 aliphatic carbocycles. The number of aryl methyl sites for hydroxylation is 1. The normalized spacial score (nSPS) is 12.7. The Bertz CT molecular complexity index is 504. The fourth-order valence-electron chi connectivity index (χ4n) is 1.73. The molecule has 17 heavy (non-hydrogen) atoms. The molecule has 1 atom stereocenters. The molecule has 0 aliphatic rings. The van der Waals surface area contributed by atoms with Gasteiger partial charge in [-0.1, -0.05) is 6.07 Å². The van der Waals surface area contributed by atoms with Gasteiger partial charge >= 0.3 is 0 Å². The highest BCUT2D eigenvalue weighted by Crippen LogP contribution is 2.27. The highest BCUT2D eigenvalue weighted by Gasteiger charge is 2.11. The first-order chi connectivity index (χ1) is 8.04. The molecule has 0 amide bonds. The number of hydrogen-bond donors (Lipinski definition) is 1. The number of aliphatic hydroxyl groups is 1. The standard InChI is InChI=1S/C13H12BrFOS/c1-8-4-9(6-10(15)5-8)12(16)7-11-2-3-13(14)17-11/h2-6,12,16H,7H2,1H3. The molecular formula is C13H12BrFOS. The van der Waals surface area contributed by atoms with Gasteiger partial charge in [-0.05, 0) is 58.2 Å². The average Bonchev–Trinajstić information content (AvgIpc) is 2.62. The van der Waals surface area contributed by atoms with E-state index < -0.39 is 6.10 Å². The summed E-state index contributed by atoms with van der Waals surface area (Å²) in [5, 5.41) is 10.1. The molecule has 2 aromatic rings. The molecule has 1 aromatic carbocycles. The molecule has 1 heterocycles. The van der Waals surface area contributed by atoms with Crippen molar-refractivity contribution in [1.29, 1.82) is 0 Å². The summed E-state index contributed by atoms with van der Waals surface area (Å²) in [5.74, 6) is -0.300. The van der Waals surface area contributed by atoms with Crippen LogP contribution in [0.2, 0.25) is 0 Å². The van der Waals surface area contributed by atoms with Crippen LogP contribution in [0.1, 0.15) is 22.1 Å². The van der Waals surface area contributed by atoms with Crippen molar-refractivity contribution in [3.8, 4) is 0 Å². The quantitative estimate of drug-likeness (QED) is 0.898. The third-order valence-corrected chi connectivity index (χ3v) is 4.12. The van der Waals surface area contributed by atoms with Crippen molar-refractivity contribution < 1.29 is 9.50 Å². The molecule has 0 saturated carbocycles. The van der Waals surface area contributed by atoms with Crippen LogP contribution in [0.5, 0.6) is 0 Å². The molecule has 1 aromatic heterocycles. The molecule has 1 N–H and O–H groups in total. The van der Waals surface area contributed by atoms with Crippen molar-refractivity contribution >= 4 is 27.3 Å². The number of thiophene rings is 1. The SMILES string of the molecule is Cc1cc(F)cc(C(O)Cc2ccc(Br)s2)c1. The van der Waals surface area contributed by atoms with Crippen LogP contribution in [0.4, 0.5) is 4.39 Å². The summed E-state index contributed by atoms with van der Waals surface area (Å²) >= 11 is 4.96. The van der Waals surface area contributed by atoms with Crippen LogP contribution >= 0.6 is 27.3 Å². The maximum Gasteiger partial charge on any atom is 0.123 e. The van der Waals surface area contributed by atoms with Crippen molar-refractivity contribution in [2.45, 2.75) is 19.4 Å². The second-order valence-electron chi connectivity index (χ2n) is 3.99. The zero-order valence-electron chi connectivity index (χ0n) is 9.28. The minimum absolute atomic E-state index is 0.300. The van der Waals surface area contributed by atoms with Crippen molar-refractivity contribution in [3.63, 3.8) is 0 Å². The Balaban J connectivity index is 2.16. The van der Waals surface area contributed by atoms with E-state index in [1.165, 1.54) is 12.1 Å². The van der Waals surface area contributed by atoms with E-state index in [1.54, 1.807) is 11.3 Å². The Hall–Kier alpha value is -0.710. The van der Waals surface area contributed by atoms with Gasteiger partial charge in [0.15, 0.2) is 0 Å². The topological polar surface area (TPSA) is 20.2 Å². The highest BCUT2D eigenvalue weighted by molar-refractivity contribution is 9.11. The Morgan fingerprint density at radius 1 is 1.35 bits per heavy atom. The summed E-state index contributed by atoms with van der Waals surface area (Å²) < 4.78 is 14.3. The summed E-state index contributed by atoms with van der Waals surface area (Å²) in [6.07, 6.45) is -0.144. The summed E-state index contributed by atoms with van der Waals surface area (Å²) in [4.78, 5) is 1.08. The number of aliphatic hydroxyl groups excluding tert-OH is 1. The monoisotopic (exact) mass is 314 g/mol. The van der Waals surface area contributed by atoms with Crippen molar-refractivity contribution in [2.24, 2.45) is 0 Å². The Morgan fingerprint density at radius 2 is 2.12 bits per heavy atom. The molecule has 0 aliphatic heterocycles. The molecular weight excluding hydrogens is 303 g/mol. The van der Waals surface area contributed by atoms with E-state index in [1.807, 2.05) is 25.1 Å². The predicted octanol–water partition coefficient (Wildman–Crippen LogP) is 4.23. The average molecular weight is 315 g/mol. The number of rotatable bonds is 3. The van der Waals surface area contributed by atoms with Crippen LogP contribution in [0.15, 0.2) is 34.1 Å². The first kappa shape index (κ1) is 12.7. The molecule has 0 bridgehead atoms. The Labute approximate surface area is 112 Å². The molecule has 0 fully saturated rings. The molecule has 0 saturated heterocycles. The first-order valence-electron chi connectivity index (χ1n) is 5.24. The highest BCUT2D eigenvalue weighted by atomic mass is 79.9. The molecule has 2 rings (SSSR count). The van der Waals surface area contributed by atoms with Gasteiger partial charge in [-0.2, -0.15) is 0 Å². The molecule has 1 nitrogen and oxygen atoms in total. The summed E-state index contributed by atoms with van der Waals surface area (Å²) in [6.45, 7) is 1.82. The van der Waals surface area contributed by atoms with Crippen LogP contribution in [0, 0.1) is 12.7 Å². The third kappa shape index (κ3) is 3.37. The van der Waals surface area contributed by atoms with Gasteiger partial charge < -0.3 is 5.11 Å². The van der Waals surface area contributed by atoms with Gasteiger partial charge in [0.2, 0.25) is 0 Å².